The van der Waals surface area contributed by atoms with Crippen molar-refractivity contribution in [2.24, 2.45) is 0 Å². The second-order valence-electron chi connectivity index (χ2n) is 6.19. The number of amides is 1. The molecule has 1 aromatic heterocycles. The van der Waals surface area contributed by atoms with Crippen LogP contribution in [0.25, 0.3) is 0 Å². The number of pyridine rings is 1. The highest BCUT2D eigenvalue weighted by molar-refractivity contribution is 5.97. The summed E-state index contributed by atoms with van der Waals surface area (Å²) in [6.45, 7) is 0.612. The van der Waals surface area contributed by atoms with Gasteiger partial charge in [-0.15, -0.1) is 0 Å². The van der Waals surface area contributed by atoms with Gasteiger partial charge in [-0.05, 0) is 31.7 Å². The first-order chi connectivity index (χ1) is 11.6. The van der Waals surface area contributed by atoms with Crippen LogP contribution in [-0.4, -0.2) is 58.8 Å². The maximum atomic E-state index is 12.7. The van der Waals surface area contributed by atoms with Crippen molar-refractivity contribution >= 4 is 11.9 Å². The number of carbonyl (C=O) groups is 2. The third kappa shape index (κ3) is 3.84. The van der Waals surface area contributed by atoms with Crippen molar-refractivity contribution in [3.63, 3.8) is 0 Å². The highest BCUT2D eigenvalue weighted by Gasteiger charge is 2.33. The summed E-state index contributed by atoms with van der Waals surface area (Å²) in [7, 11) is 0. The first-order valence-electron chi connectivity index (χ1n) is 8.39. The topological polar surface area (TPSA) is 89.0 Å². The molecule has 0 spiro atoms. The van der Waals surface area contributed by atoms with E-state index in [0.29, 0.717) is 18.1 Å². The number of aromatic nitrogens is 1. The predicted octanol–water partition coefficient (Wildman–Crippen LogP) is 1.72. The maximum absolute atomic E-state index is 12.7. The number of carbonyl (C=O) groups excluding carboxylic acids is 1. The van der Waals surface area contributed by atoms with E-state index in [0.717, 1.165) is 25.7 Å². The number of carboxylic acid groups (broad SMARTS) is 1. The number of morpholine rings is 1. The lowest BCUT2D eigenvalue weighted by molar-refractivity contribution is -0.147. The Hall–Kier alpha value is -2.15. The van der Waals surface area contributed by atoms with E-state index in [-0.39, 0.29) is 25.2 Å². The summed E-state index contributed by atoms with van der Waals surface area (Å²) in [5.74, 6) is -0.967. The Morgan fingerprint density at radius 3 is 2.83 bits per heavy atom. The molecule has 2 heterocycles. The number of hydrogen-bond donors (Lipinski definition) is 1. The fourth-order valence-electron chi connectivity index (χ4n) is 3.18. The van der Waals surface area contributed by atoms with Crippen LogP contribution in [0.2, 0.25) is 0 Å². The van der Waals surface area contributed by atoms with Gasteiger partial charge in [-0.3, -0.25) is 4.79 Å². The van der Waals surface area contributed by atoms with Gasteiger partial charge >= 0.3 is 5.97 Å². The second-order valence-corrected chi connectivity index (χ2v) is 6.19. The average molecular weight is 334 g/mol. The van der Waals surface area contributed by atoms with Gasteiger partial charge in [0.15, 0.2) is 6.04 Å². The van der Waals surface area contributed by atoms with E-state index in [1.54, 1.807) is 12.1 Å². The van der Waals surface area contributed by atoms with E-state index in [4.69, 9.17) is 9.47 Å². The van der Waals surface area contributed by atoms with Crippen molar-refractivity contribution in [3.8, 4) is 5.88 Å². The Bertz CT molecular complexity index is 600. The summed E-state index contributed by atoms with van der Waals surface area (Å²) in [6.07, 6.45) is 7.22. The zero-order valence-electron chi connectivity index (χ0n) is 13.5. The third-order valence-corrected chi connectivity index (χ3v) is 4.50. The van der Waals surface area contributed by atoms with Gasteiger partial charge in [0, 0.05) is 24.4 Å². The second kappa shape index (κ2) is 7.61. The van der Waals surface area contributed by atoms with Gasteiger partial charge in [-0.1, -0.05) is 6.42 Å². The van der Waals surface area contributed by atoms with Crippen LogP contribution >= 0.6 is 0 Å². The highest BCUT2D eigenvalue weighted by atomic mass is 16.5. The molecule has 24 heavy (non-hydrogen) atoms. The van der Waals surface area contributed by atoms with Crippen LogP contribution in [-0.2, 0) is 9.53 Å². The lowest BCUT2D eigenvalue weighted by Gasteiger charge is -2.33. The van der Waals surface area contributed by atoms with Gasteiger partial charge in [0.1, 0.15) is 6.10 Å². The number of nitrogens with zero attached hydrogens (tertiary/aromatic N) is 2. The monoisotopic (exact) mass is 334 g/mol. The van der Waals surface area contributed by atoms with Crippen LogP contribution in [0.4, 0.5) is 0 Å². The molecule has 0 bridgehead atoms. The van der Waals surface area contributed by atoms with Gasteiger partial charge in [-0.2, -0.15) is 0 Å². The van der Waals surface area contributed by atoms with Crippen molar-refractivity contribution in [1.29, 1.82) is 0 Å². The Morgan fingerprint density at radius 1 is 1.29 bits per heavy atom. The number of aliphatic carboxylic acids is 1. The molecule has 3 rings (SSSR count). The molecular weight excluding hydrogens is 312 g/mol. The molecule has 1 aromatic rings. The number of rotatable bonds is 4. The molecule has 1 saturated heterocycles. The smallest absolute Gasteiger partial charge is 0.328 e. The zero-order chi connectivity index (χ0) is 16.9. The lowest BCUT2D eigenvalue weighted by Crippen LogP contribution is -2.52. The summed E-state index contributed by atoms with van der Waals surface area (Å²) in [6, 6.07) is 2.23. The Labute approximate surface area is 140 Å². The van der Waals surface area contributed by atoms with Gasteiger partial charge < -0.3 is 19.5 Å². The molecule has 0 aromatic carbocycles. The lowest BCUT2D eigenvalue weighted by atomic mass is 9.98. The molecule has 1 saturated carbocycles. The highest BCUT2D eigenvalue weighted by Crippen LogP contribution is 2.23. The van der Waals surface area contributed by atoms with Crippen LogP contribution in [0.3, 0.4) is 0 Å². The number of hydrogen-bond acceptors (Lipinski definition) is 5. The van der Waals surface area contributed by atoms with Crippen molar-refractivity contribution in [2.45, 2.75) is 44.2 Å². The minimum absolute atomic E-state index is 0.0115. The van der Waals surface area contributed by atoms with Crippen LogP contribution in [0.15, 0.2) is 18.3 Å². The summed E-state index contributed by atoms with van der Waals surface area (Å²) in [4.78, 5) is 29.5. The average Bonchev–Trinajstić information content (AvgIpc) is 2.62. The molecular formula is C17H22N2O5. The van der Waals surface area contributed by atoms with Crippen molar-refractivity contribution in [1.82, 2.24) is 9.88 Å². The predicted molar refractivity (Wildman–Crippen MR) is 85.0 cm³/mol. The number of ether oxygens (including phenoxy) is 2. The quantitative estimate of drug-likeness (QED) is 0.902. The normalized spacial score (nSPS) is 22.2. The minimum atomic E-state index is -1.06. The standard InChI is InChI=1S/C17H22N2O5/c20-16(19-8-9-23-11-14(19)17(21)22)12-6-7-18-15(10-12)24-13-4-2-1-3-5-13/h6-7,10,13-14H,1-5,8-9,11H2,(H,21,22)/t14-/m1/s1. The van der Waals surface area contributed by atoms with Crippen molar-refractivity contribution in [3.05, 3.63) is 23.9 Å². The van der Waals surface area contributed by atoms with E-state index in [1.165, 1.54) is 17.5 Å². The molecule has 130 valence electrons. The first kappa shape index (κ1) is 16.7. The van der Waals surface area contributed by atoms with Crippen LogP contribution < -0.4 is 4.74 Å². The van der Waals surface area contributed by atoms with E-state index in [9.17, 15) is 14.7 Å². The van der Waals surface area contributed by atoms with Gasteiger partial charge in [-0.25, -0.2) is 9.78 Å². The molecule has 1 aliphatic heterocycles. The Balaban J connectivity index is 1.72. The van der Waals surface area contributed by atoms with Gasteiger partial charge in [0.05, 0.1) is 13.2 Å². The maximum Gasteiger partial charge on any atom is 0.328 e. The fraction of sp³-hybridized carbons (Fsp3) is 0.588. The van der Waals surface area contributed by atoms with E-state index in [1.807, 2.05) is 0 Å². The largest absolute Gasteiger partial charge is 0.480 e. The van der Waals surface area contributed by atoms with Crippen molar-refractivity contribution < 1.29 is 24.2 Å². The fourth-order valence-corrected chi connectivity index (χ4v) is 3.18. The summed E-state index contributed by atoms with van der Waals surface area (Å²) in [5.41, 5.74) is 0.393. The molecule has 0 radical (unpaired) electrons. The van der Waals surface area contributed by atoms with E-state index in [2.05, 4.69) is 4.98 Å². The molecule has 1 amide bonds. The minimum Gasteiger partial charge on any atom is -0.480 e. The molecule has 2 fully saturated rings. The molecule has 1 N–H and O–H groups in total. The van der Waals surface area contributed by atoms with Gasteiger partial charge in [0.2, 0.25) is 5.88 Å². The third-order valence-electron chi connectivity index (χ3n) is 4.50. The zero-order valence-corrected chi connectivity index (χ0v) is 13.5. The summed E-state index contributed by atoms with van der Waals surface area (Å²) < 4.78 is 11.1. The molecule has 7 nitrogen and oxygen atoms in total. The summed E-state index contributed by atoms with van der Waals surface area (Å²) >= 11 is 0. The van der Waals surface area contributed by atoms with Gasteiger partial charge in [0.25, 0.3) is 5.91 Å². The van der Waals surface area contributed by atoms with Crippen LogP contribution in [0.1, 0.15) is 42.5 Å². The molecule has 7 heteroatoms. The van der Waals surface area contributed by atoms with E-state index >= 15 is 0 Å². The summed E-state index contributed by atoms with van der Waals surface area (Å²) in [5, 5.41) is 9.26. The Morgan fingerprint density at radius 2 is 2.08 bits per heavy atom. The van der Waals surface area contributed by atoms with Crippen LogP contribution in [0, 0.1) is 0 Å². The van der Waals surface area contributed by atoms with Crippen molar-refractivity contribution in [2.75, 3.05) is 19.8 Å². The molecule has 1 aliphatic carbocycles. The number of carboxylic acids is 1. The molecule has 1 atom stereocenters. The first-order valence-corrected chi connectivity index (χ1v) is 8.39. The Kier molecular flexibility index (Phi) is 5.30. The molecule has 2 aliphatic rings. The SMILES string of the molecule is O=C(O)[C@H]1COCCN1C(=O)c1ccnc(OC2CCCCC2)c1. The van der Waals surface area contributed by atoms with Crippen LogP contribution in [0.5, 0.6) is 5.88 Å². The molecule has 0 unspecified atom stereocenters. The van der Waals surface area contributed by atoms with E-state index < -0.39 is 12.0 Å².